The minimum atomic E-state index is -3.84. The summed E-state index contributed by atoms with van der Waals surface area (Å²) in [6.07, 6.45) is 0.395. The Morgan fingerprint density at radius 3 is 2.15 bits per heavy atom. The van der Waals surface area contributed by atoms with Gasteiger partial charge in [-0.15, -0.1) is 0 Å². The molecule has 1 aromatic carbocycles. The lowest BCUT2D eigenvalue weighted by Gasteiger charge is -2.08. The van der Waals surface area contributed by atoms with Gasteiger partial charge < -0.3 is 5.32 Å². The van der Waals surface area contributed by atoms with Crippen LogP contribution in [-0.4, -0.2) is 20.2 Å². The highest BCUT2D eigenvalue weighted by molar-refractivity contribution is 7.90. The van der Waals surface area contributed by atoms with Crippen LogP contribution in [0.4, 0.5) is 5.69 Å². The Bertz CT molecular complexity index is 591. The number of carbonyl (C=O) groups is 2. The molecule has 0 heterocycles. The first kappa shape index (κ1) is 16.2. The van der Waals surface area contributed by atoms with E-state index in [2.05, 4.69) is 5.32 Å². The predicted octanol–water partition coefficient (Wildman–Crippen LogP) is 1.50. The molecule has 0 radical (unpaired) electrons. The Labute approximate surface area is 118 Å². The number of hydrogen-bond acceptors (Lipinski definition) is 4. The molecule has 0 bridgehead atoms. The largest absolute Gasteiger partial charge is 0.326 e. The molecule has 0 atom stereocenters. The summed E-state index contributed by atoms with van der Waals surface area (Å²) in [5, 5.41) is 2.67. The average molecular weight is 298 g/mol. The van der Waals surface area contributed by atoms with E-state index < -0.39 is 15.9 Å². The van der Waals surface area contributed by atoms with Crippen molar-refractivity contribution < 1.29 is 18.0 Å². The Morgan fingerprint density at radius 1 is 1.15 bits per heavy atom. The van der Waals surface area contributed by atoms with Gasteiger partial charge in [0.05, 0.1) is 4.90 Å². The van der Waals surface area contributed by atoms with Crippen LogP contribution in [0.15, 0.2) is 29.2 Å². The van der Waals surface area contributed by atoms with Gasteiger partial charge in [-0.1, -0.05) is 13.8 Å². The van der Waals surface area contributed by atoms with Gasteiger partial charge in [-0.25, -0.2) is 13.1 Å². The molecule has 110 valence electrons. The van der Waals surface area contributed by atoms with Gasteiger partial charge in [0.2, 0.25) is 11.8 Å². The first-order valence-electron chi connectivity index (χ1n) is 6.14. The highest BCUT2D eigenvalue weighted by atomic mass is 32.2. The van der Waals surface area contributed by atoms with Gasteiger partial charge in [-0.2, -0.15) is 0 Å². The molecular weight excluding hydrogens is 280 g/mol. The summed E-state index contributed by atoms with van der Waals surface area (Å²) in [7, 11) is -3.84. The van der Waals surface area contributed by atoms with Crippen molar-refractivity contribution in [2.75, 3.05) is 5.32 Å². The van der Waals surface area contributed by atoms with Crippen molar-refractivity contribution in [2.45, 2.75) is 32.1 Å². The second kappa shape index (κ2) is 6.51. The van der Waals surface area contributed by atoms with E-state index in [1.807, 2.05) is 18.6 Å². The molecule has 0 saturated heterocycles. The number of hydrogen-bond donors (Lipinski definition) is 2. The highest BCUT2D eigenvalue weighted by Gasteiger charge is 2.15. The van der Waals surface area contributed by atoms with Crippen LogP contribution >= 0.6 is 0 Å². The summed E-state index contributed by atoms with van der Waals surface area (Å²) in [6, 6.07) is 5.62. The standard InChI is InChI=1S/C13H18N2O4S/c1-9(2)8-13(17)14-11-4-6-12(7-5-11)20(18,19)15-10(3)16/h4-7,9H,8H2,1-3H3,(H,14,17)(H,15,16). The van der Waals surface area contributed by atoms with Crippen molar-refractivity contribution in [3.63, 3.8) is 0 Å². The molecule has 0 unspecified atom stereocenters. The molecule has 1 aromatic rings. The van der Waals surface area contributed by atoms with Gasteiger partial charge in [0.1, 0.15) is 0 Å². The van der Waals surface area contributed by atoms with Gasteiger partial charge in [0.25, 0.3) is 10.0 Å². The lowest BCUT2D eigenvalue weighted by molar-refractivity contribution is -0.117. The Kier molecular flexibility index (Phi) is 5.26. The fourth-order valence-electron chi connectivity index (χ4n) is 1.55. The molecule has 0 aliphatic rings. The van der Waals surface area contributed by atoms with Gasteiger partial charge in [-0.3, -0.25) is 9.59 Å². The van der Waals surface area contributed by atoms with Crippen LogP contribution in [0.25, 0.3) is 0 Å². The van der Waals surface area contributed by atoms with E-state index in [1.165, 1.54) is 24.3 Å². The highest BCUT2D eigenvalue weighted by Crippen LogP contribution is 2.14. The minimum Gasteiger partial charge on any atom is -0.326 e. The molecule has 0 spiro atoms. The monoisotopic (exact) mass is 298 g/mol. The second-order valence-electron chi connectivity index (χ2n) is 4.83. The van der Waals surface area contributed by atoms with Crippen molar-refractivity contribution >= 4 is 27.5 Å². The molecule has 0 aliphatic carbocycles. The number of carbonyl (C=O) groups excluding carboxylic acids is 2. The number of anilines is 1. The van der Waals surface area contributed by atoms with Crippen molar-refractivity contribution in [1.29, 1.82) is 0 Å². The van der Waals surface area contributed by atoms with E-state index in [0.717, 1.165) is 6.92 Å². The SMILES string of the molecule is CC(=O)NS(=O)(=O)c1ccc(NC(=O)CC(C)C)cc1. The molecule has 1 rings (SSSR count). The number of benzene rings is 1. The summed E-state index contributed by atoms with van der Waals surface area (Å²) >= 11 is 0. The first-order valence-corrected chi connectivity index (χ1v) is 7.62. The van der Waals surface area contributed by atoms with E-state index in [9.17, 15) is 18.0 Å². The van der Waals surface area contributed by atoms with Gasteiger partial charge >= 0.3 is 0 Å². The predicted molar refractivity (Wildman–Crippen MR) is 75.5 cm³/mol. The fraction of sp³-hybridized carbons (Fsp3) is 0.385. The summed E-state index contributed by atoms with van der Waals surface area (Å²) in [4.78, 5) is 22.3. The molecule has 0 aromatic heterocycles. The third kappa shape index (κ3) is 5.00. The van der Waals surface area contributed by atoms with E-state index in [0.29, 0.717) is 12.1 Å². The normalized spacial score (nSPS) is 11.2. The van der Waals surface area contributed by atoms with E-state index >= 15 is 0 Å². The Hall–Kier alpha value is -1.89. The van der Waals surface area contributed by atoms with Gasteiger partial charge in [0.15, 0.2) is 0 Å². The van der Waals surface area contributed by atoms with E-state index in [-0.39, 0.29) is 16.7 Å². The number of rotatable bonds is 5. The van der Waals surface area contributed by atoms with Crippen LogP contribution in [0, 0.1) is 5.92 Å². The van der Waals surface area contributed by atoms with Gasteiger partial charge in [-0.05, 0) is 30.2 Å². The molecule has 0 saturated carbocycles. The van der Waals surface area contributed by atoms with Crippen molar-refractivity contribution in [3.05, 3.63) is 24.3 Å². The lowest BCUT2D eigenvalue weighted by Crippen LogP contribution is -2.28. The quantitative estimate of drug-likeness (QED) is 0.861. The van der Waals surface area contributed by atoms with Crippen LogP contribution < -0.4 is 10.0 Å². The van der Waals surface area contributed by atoms with Crippen LogP contribution in [-0.2, 0) is 19.6 Å². The first-order chi connectivity index (χ1) is 9.20. The molecular formula is C13H18N2O4S. The number of amides is 2. The number of sulfonamides is 1. The maximum atomic E-state index is 11.7. The summed E-state index contributed by atoms with van der Waals surface area (Å²) in [5.74, 6) is -0.536. The van der Waals surface area contributed by atoms with Crippen LogP contribution in [0.5, 0.6) is 0 Å². The van der Waals surface area contributed by atoms with Crippen LogP contribution in [0.2, 0.25) is 0 Å². The van der Waals surface area contributed by atoms with Crippen molar-refractivity contribution in [3.8, 4) is 0 Å². The third-order valence-electron chi connectivity index (χ3n) is 2.32. The topological polar surface area (TPSA) is 92.3 Å². The molecule has 6 nitrogen and oxygen atoms in total. The van der Waals surface area contributed by atoms with E-state index in [4.69, 9.17) is 0 Å². The zero-order chi connectivity index (χ0) is 15.3. The second-order valence-corrected chi connectivity index (χ2v) is 6.51. The average Bonchev–Trinajstić information content (AvgIpc) is 2.26. The summed E-state index contributed by atoms with van der Waals surface area (Å²) < 4.78 is 25.3. The molecule has 20 heavy (non-hydrogen) atoms. The van der Waals surface area contributed by atoms with Crippen LogP contribution in [0.1, 0.15) is 27.2 Å². The zero-order valence-electron chi connectivity index (χ0n) is 11.6. The summed E-state index contributed by atoms with van der Waals surface area (Å²) in [6.45, 7) is 4.99. The van der Waals surface area contributed by atoms with Crippen molar-refractivity contribution in [2.24, 2.45) is 5.92 Å². The Balaban J connectivity index is 2.79. The Morgan fingerprint density at radius 2 is 1.70 bits per heavy atom. The van der Waals surface area contributed by atoms with Gasteiger partial charge in [0, 0.05) is 19.0 Å². The maximum absolute atomic E-state index is 11.7. The van der Waals surface area contributed by atoms with E-state index in [1.54, 1.807) is 0 Å². The fourth-order valence-corrected chi connectivity index (χ4v) is 2.54. The smallest absolute Gasteiger partial charge is 0.264 e. The lowest BCUT2D eigenvalue weighted by atomic mass is 10.1. The van der Waals surface area contributed by atoms with Crippen molar-refractivity contribution in [1.82, 2.24) is 4.72 Å². The van der Waals surface area contributed by atoms with Crippen LogP contribution in [0.3, 0.4) is 0 Å². The maximum Gasteiger partial charge on any atom is 0.264 e. The zero-order valence-corrected chi connectivity index (χ0v) is 12.5. The molecule has 2 N–H and O–H groups in total. The molecule has 7 heteroatoms. The summed E-state index contributed by atoms with van der Waals surface area (Å²) in [5.41, 5.74) is 0.512. The molecule has 2 amide bonds. The third-order valence-corrected chi connectivity index (χ3v) is 3.77. The minimum absolute atomic E-state index is 0.0328. The number of nitrogens with one attached hydrogen (secondary N) is 2. The molecule has 0 aliphatic heterocycles. The molecule has 0 fully saturated rings.